The molecule has 0 radical (unpaired) electrons. The van der Waals surface area contributed by atoms with Crippen molar-refractivity contribution < 1.29 is 17.9 Å². The van der Waals surface area contributed by atoms with Gasteiger partial charge in [0.15, 0.2) is 0 Å². The third-order valence-electron chi connectivity index (χ3n) is 3.18. The minimum absolute atomic E-state index is 0.109. The van der Waals surface area contributed by atoms with E-state index in [1.807, 2.05) is 0 Å². The lowest BCUT2D eigenvalue weighted by molar-refractivity contribution is -0.133. The fraction of sp³-hybridized carbons (Fsp3) is 0.909. The van der Waals surface area contributed by atoms with Gasteiger partial charge in [-0.05, 0) is 25.2 Å². The average molecular weight is 293 g/mol. The van der Waals surface area contributed by atoms with Crippen LogP contribution in [0.5, 0.6) is 0 Å². The normalized spacial score (nSPS) is 20.5. The Hall–Kier alpha value is -0.700. The first kappa shape index (κ1) is 16.4. The van der Waals surface area contributed by atoms with Crippen molar-refractivity contribution in [3.05, 3.63) is 0 Å². The van der Waals surface area contributed by atoms with Gasteiger partial charge < -0.3 is 9.64 Å². The van der Waals surface area contributed by atoms with Crippen LogP contribution in [0.15, 0.2) is 0 Å². The van der Waals surface area contributed by atoms with Crippen LogP contribution in [0.1, 0.15) is 25.7 Å². The van der Waals surface area contributed by atoms with E-state index in [0.717, 1.165) is 19.4 Å². The molecule has 0 saturated carbocycles. The molecule has 0 bridgehead atoms. The second-order valence-electron chi connectivity index (χ2n) is 4.84. The Kier molecular flexibility index (Phi) is 6.70. The lowest BCUT2D eigenvalue weighted by atomic mass is 9.98. The molecular formula is C11H23N3O4S. The molecule has 1 aliphatic rings. The average Bonchev–Trinajstić information content (AvgIpc) is 2.36. The van der Waals surface area contributed by atoms with Gasteiger partial charge in [-0.15, -0.1) is 0 Å². The molecule has 19 heavy (non-hydrogen) atoms. The molecule has 8 heteroatoms. The van der Waals surface area contributed by atoms with E-state index in [1.54, 1.807) is 12.0 Å². The minimum Gasteiger partial charge on any atom is -0.385 e. The van der Waals surface area contributed by atoms with Crippen LogP contribution in [-0.2, 0) is 19.7 Å². The molecule has 1 atom stereocenters. The van der Waals surface area contributed by atoms with Gasteiger partial charge in [0, 0.05) is 39.8 Å². The molecule has 1 fully saturated rings. The van der Waals surface area contributed by atoms with Crippen LogP contribution in [0.2, 0.25) is 0 Å². The van der Waals surface area contributed by atoms with E-state index in [0.29, 0.717) is 32.5 Å². The first-order valence-electron chi connectivity index (χ1n) is 6.46. The van der Waals surface area contributed by atoms with Gasteiger partial charge in [-0.25, -0.2) is 9.86 Å². The number of likely N-dealkylation sites (tertiary alicyclic amines) is 1. The van der Waals surface area contributed by atoms with Gasteiger partial charge in [-0.2, -0.15) is 8.42 Å². The molecule has 1 amide bonds. The number of amides is 1. The number of rotatable bonds is 7. The molecule has 112 valence electrons. The van der Waals surface area contributed by atoms with Crippen LogP contribution >= 0.6 is 0 Å². The molecule has 3 N–H and O–H groups in total. The highest BCUT2D eigenvalue weighted by atomic mass is 32.2. The van der Waals surface area contributed by atoms with Crippen LogP contribution in [0.4, 0.5) is 0 Å². The van der Waals surface area contributed by atoms with Gasteiger partial charge in [0.05, 0.1) is 0 Å². The summed E-state index contributed by atoms with van der Waals surface area (Å²) in [5.41, 5.74) is 0. The zero-order chi connectivity index (χ0) is 14.3. The summed E-state index contributed by atoms with van der Waals surface area (Å²) < 4.78 is 28.9. The number of carbonyl (C=O) groups excluding carboxylic acids is 1. The van der Waals surface area contributed by atoms with Crippen molar-refractivity contribution in [1.29, 1.82) is 0 Å². The lowest BCUT2D eigenvalue weighted by Gasteiger charge is -2.32. The highest BCUT2D eigenvalue weighted by Gasteiger charge is 2.23. The molecule has 0 aromatic carbocycles. The van der Waals surface area contributed by atoms with E-state index in [1.165, 1.54) is 0 Å². The second kappa shape index (κ2) is 7.78. The zero-order valence-electron chi connectivity index (χ0n) is 11.3. The number of nitrogens with zero attached hydrogens (tertiary/aromatic N) is 1. The molecule has 0 aromatic rings. The van der Waals surface area contributed by atoms with Gasteiger partial charge in [0.25, 0.3) is 10.2 Å². The highest BCUT2D eigenvalue weighted by molar-refractivity contribution is 7.87. The van der Waals surface area contributed by atoms with E-state index < -0.39 is 10.2 Å². The van der Waals surface area contributed by atoms with E-state index in [2.05, 4.69) is 4.72 Å². The van der Waals surface area contributed by atoms with Crippen molar-refractivity contribution in [2.45, 2.75) is 25.7 Å². The SMILES string of the molecule is COCCCC(=O)N1CCCC(CNS(N)(=O)=O)C1. The van der Waals surface area contributed by atoms with E-state index >= 15 is 0 Å². The van der Waals surface area contributed by atoms with Crippen LogP contribution in [-0.4, -0.2) is 52.6 Å². The van der Waals surface area contributed by atoms with Crippen molar-refractivity contribution in [3.63, 3.8) is 0 Å². The summed E-state index contributed by atoms with van der Waals surface area (Å²) in [6.45, 7) is 2.21. The number of nitrogens with two attached hydrogens (primary N) is 1. The van der Waals surface area contributed by atoms with Crippen molar-refractivity contribution in [2.24, 2.45) is 11.1 Å². The molecule has 7 nitrogen and oxygen atoms in total. The molecule has 1 aliphatic heterocycles. The maximum Gasteiger partial charge on any atom is 0.274 e. The lowest BCUT2D eigenvalue weighted by Crippen LogP contribution is -2.44. The number of methoxy groups -OCH3 is 1. The summed E-state index contributed by atoms with van der Waals surface area (Å²) in [6.07, 6.45) is 2.99. The van der Waals surface area contributed by atoms with Crippen LogP contribution in [0.25, 0.3) is 0 Å². The fourth-order valence-corrected chi connectivity index (χ4v) is 2.69. The largest absolute Gasteiger partial charge is 0.385 e. The predicted octanol–water partition coefficient (Wildman–Crippen LogP) is -0.555. The number of ether oxygens (including phenoxy) is 1. The third kappa shape index (κ3) is 6.86. The van der Waals surface area contributed by atoms with Gasteiger partial charge in [0.1, 0.15) is 0 Å². The Labute approximate surface area is 114 Å². The second-order valence-corrected chi connectivity index (χ2v) is 6.22. The monoisotopic (exact) mass is 293 g/mol. The number of hydrogen-bond acceptors (Lipinski definition) is 4. The number of hydrogen-bond donors (Lipinski definition) is 2. The van der Waals surface area contributed by atoms with Gasteiger partial charge >= 0.3 is 0 Å². The summed E-state index contributed by atoms with van der Waals surface area (Å²) in [4.78, 5) is 13.7. The Morgan fingerprint density at radius 2 is 2.26 bits per heavy atom. The summed E-state index contributed by atoms with van der Waals surface area (Å²) >= 11 is 0. The molecule has 1 saturated heterocycles. The fourth-order valence-electron chi connectivity index (χ4n) is 2.22. The standard InChI is InChI=1S/C11H23N3O4S/c1-18-7-3-5-11(15)14-6-2-4-10(9-14)8-13-19(12,16)17/h10,13H,2-9H2,1H3,(H2,12,16,17). The quantitative estimate of drug-likeness (QED) is 0.615. The topological polar surface area (TPSA) is 102 Å². The molecule has 1 unspecified atom stereocenters. The first-order chi connectivity index (χ1) is 8.92. The number of piperidine rings is 1. The Bertz CT molecular complexity index is 385. The maximum absolute atomic E-state index is 11.9. The number of carbonyl (C=O) groups is 1. The molecule has 1 heterocycles. The Balaban J connectivity index is 2.34. The van der Waals surface area contributed by atoms with Crippen molar-refractivity contribution in [3.8, 4) is 0 Å². The van der Waals surface area contributed by atoms with Crippen molar-refractivity contribution in [1.82, 2.24) is 9.62 Å². The van der Waals surface area contributed by atoms with E-state index in [9.17, 15) is 13.2 Å². The molecule has 1 rings (SSSR count). The van der Waals surface area contributed by atoms with Crippen LogP contribution in [0.3, 0.4) is 0 Å². The Morgan fingerprint density at radius 3 is 2.89 bits per heavy atom. The maximum atomic E-state index is 11.9. The molecular weight excluding hydrogens is 270 g/mol. The molecule has 0 spiro atoms. The third-order valence-corrected chi connectivity index (χ3v) is 3.75. The van der Waals surface area contributed by atoms with E-state index in [4.69, 9.17) is 9.88 Å². The van der Waals surface area contributed by atoms with Crippen LogP contribution < -0.4 is 9.86 Å². The van der Waals surface area contributed by atoms with Gasteiger partial charge in [-0.3, -0.25) is 4.79 Å². The zero-order valence-corrected chi connectivity index (χ0v) is 12.1. The van der Waals surface area contributed by atoms with Crippen LogP contribution in [0, 0.1) is 5.92 Å². The Morgan fingerprint density at radius 1 is 1.53 bits per heavy atom. The predicted molar refractivity (Wildman–Crippen MR) is 71.5 cm³/mol. The highest BCUT2D eigenvalue weighted by Crippen LogP contribution is 2.17. The summed E-state index contributed by atoms with van der Waals surface area (Å²) in [5, 5.41) is 4.89. The van der Waals surface area contributed by atoms with Crippen molar-refractivity contribution in [2.75, 3.05) is 33.4 Å². The van der Waals surface area contributed by atoms with Gasteiger partial charge in [-0.1, -0.05) is 0 Å². The summed E-state index contributed by atoms with van der Waals surface area (Å²) in [7, 11) is -2.04. The number of nitrogens with one attached hydrogen (secondary N) is 1. The first-order valence-corrected chi connectivity index (χ1v) is 8.01. The van der Waals surface area contributed by atoms with Crippen molar-refractivity contribution >= 4 is 16.1 Å². The smallest absolute Gasteiger partial charge is 0.274 e. The molecule has 0 aliphatic carbocycles. The summed E-state index contributed by atoms with van der Waals surface area (Å²) in [6, 6.07) is 0. The summed E-state index contributed by atoms with van der Waals surface area (Å²) in [5.74, 6) is 0.246. The van der Waals surface area contributed by atoms with E-state index in [-0.39, 0.29) is 11.8 Å². The van der Waals surface area contributed by atoms with Gasteiger partial charge in [0.2, 0.25) is 5.91 Å². The minimum atomic E-state index is -3.65. The molecule has 0 aromatic heterocycles.